The summed E-state index contributed by atoms with van der Waals surface area (Å²) in [5, 5.41) is 2.75. The lowest BCUT2D eigenvalue weighted by Gasteiger charge is -2.09. The molecule has 4 nitrogen and oxygen atoms in total. The van der Waals surface area contributed by atoms with Crippen LogP contribution in [0, 0.1) is 5.82 Å². The number of rotatable bonds is 6. The molecule has 122 valence electrons. The fraction of sp³-hybridized carbons (Fsp3) is 0.158. The van der Waals surface area contributed by atoms with Gasteiger partial charge < -0.3 is 9.88 Å². The molecule has 2 aromatic carbocycles. The van der Waals surface area contributed by atoms with Gasteiger partial charge in [0.25, 0.3) is 5.91 Å². The number of nitrogens with one attached hydrogen (secondary N) is 1. The number of carbonyl (C=O) groups is 1. The van der Waals surface area contributed by atoms with E-state index in [9.17, 15) is 9.18 Å². The first-order valence-corrected chi connectivity index (χ1v) is 7.85. The average molecular weight is 323 g/mol. The fourth-order valence-electron chi connectivity index (χ4n) is 2.53. The van der Waals surface area contributed by atoms with Crippen LogP contribution in [0.3, 0.4) is 0 Å². The van der Waals surface area contributed by atoms with Gasteiger partial charge in [0.05, 0.1) is 5.56 Å². The van der Waals surface area contributed by atoms with Crippen LogP contribution in [-0.2, 0) is 6.54 Å². The van der Waals surface area contributed by atoms with Crippen molar-refractivity contribution in [3.05, 3.63) is 78.4 Å². The summed E-state index contributed by atoms with van der Waals surface area (Å²) in [5.41, 5.74) is 1.13. The SMILES string of the molecule is O=C(NCCCn1ccnc1-c1ccccc1)c1ccccc1F. The van der Waals surface area contributed by atoms with Gasteiger partial charge in [0, 0.05) is 31.0 Å². The quantitative estimate of drug-likeness (QED) is 0.706. The zero-order chi connectivity index (χ0) is 16.8. The van der Waals surface area contributed by atoms with E-state index < -0.39 is 5.82 Å². The lowest BCUT2D eigenvalue weighted by molar-refractivity contribution is 0.0948. The molecular formula is C19H18FN3O. The molecule has 1 heterocycles. The number of hydrogen-bond donors (Lipinski definition) is 1. The van der Waals surface area contributed by atoms with E-state index in [2.05, 4.69) is 10.3 Å². The van der Waals surface area contributed by atoms with Gasteiger partial charge in [-0.3, -0.25) is 4.79 Å². The van der Waals surface area contributed by atoms with E-state index in [1.807, 2.05) is 41.1 Å². The molecule has 0 aliphatic heterocycles. The summed E-state index contributed by atoms with van der Waals surface area (Å²) in [6.45, 7) is 1.20. The second-order valence-corrected chi connectivity index (χ2v) is 5.40. The van der Waals surface area contributed by atoms with Gasteiger partial charge in [-0.05, 0) is 18.6 Å². The van der Waals surface area contributed by atoms with E-state index in [-0.39, 0.29) is 11.5 Å². The lowest BCUT2D eigenvalue weighted by atomic mass is 10.2. The Bertz CT molecular complexity index is 814. The highest BCUT2D eigenvalue weighted by molar-refractivity contribution is 5.94. The largest absolute Gasteiger partial charge is 0.352 e. The van der Waals surface area contributed by atoms with Crippen LogP contribution in [0.1, 0.15) is 16.8 Å². The Morgan fingerprint density at radius 1 is 1.08 bits per heavy atom. The summed E-state index contributed by atoms with van der Waals surface area (Å²) in [7, 11) is 0. The van der Waals surface area contributed by atoms with E-state index in [0.717, 1.165) is 24.4 Å². The van der Waals surface area contributed by atoms with Gasteiger partial charge in [0.1, 0.15) is 11.6 Å². The number of hydrogen-bond acceptors (Lipinski definition) is 2. The number of aryl methyl sites for hydroxylation is 1. The standard InChI is InChI=1S/C19H18FN3O/c20-17-10-5-4-9-16(17)19(24)22-11-6-13-23-14-12-21-18(23)15-7-2-1-3-8-15/h1-5,7-10,12,14H,6,11,13H2,(H,22,24). The van der Waals surface area contributed by atoms with Crippen molar-refractivity contribution in [1.82, 2.24) is 14.9 Å². The second-order valence-electron chi connectivity index (χ2n) is 5.40. The maximum atomic E-state index is 13.5. The van der Waals surface area contributed by atoms with Gasteiger partial charge in [-0.2, -0.15) is 0 Å². The molecular weight excluding hydrogens is 305 g/mol. The van der Waals surface area contributed by atoms with Gasteiger partial charge in [-0.25, -0.2) is 9.37 Å². The van der Waals surface area contributed by atoms with E-state index >= 15 is 0 Å². The molecule has 0 saturated heterocycles. The summed E-state index contributed by atoms with van der Waals surface area (Å²) >= 11 is 0. The van der Waals surface area contributed by atoms with Crippen LogP contribution in [0.4, 0.5) is 4.39 Å². The molecule has 0 aliphatic rings. The number of imidazole rings is 1. The van der Waals surface area contributed by atoms with Crippen LogP contribution in [-0.4, -0.2) is 22.0 Å². The molecule has 3 rings (SSSR count). The van der Waals surface area contributed by atoms with Crippen LogP contribution in [0.15, 0.2) is 67.0 Å². The molecule has 1 N–H and O–H groups in total. The molecule has 0 aliphatic carbocycles. The van der Waals surface area contributed by atoms with Crippen molar-refractivity contribution >= 4 is 5.91 Å². The predicted octanol–water partition coefficient (Wildman–Crippen LogP) is 3.51. The summed E-state index contributed by atoms with van der Waals surface area (Å²) < 4.78 is 15.6. The highest BCUT2D eigenvalue weighted by Crippen LogP contribution is 2.16. The highest BCUT2D eigenvalue weighted by Gasteiger charge is 2.10. The molecule has 24 heavy (non-hydrogen) atoms. The Balaban J connectivity index is 1.54. The maximum Gasteiger partial charge on any atom is 0.254 e. The summed E-state index contributed by atoms with van der Waals surface area (Å²) in [5.74, 6) is 0.00835. The number of nitrogens with zero attached hydrogens (tertiary/aromatic N) is 2. The Morgan fingerprint density at radius 2 is 1.83 bits per heavy atom. The van der Waals surface area contributed by atoms with Gasteiger partial charge in [0.2, 0.25) is 0 Å². The van der Waals surface area contributed by atoms with Gasteiger partial charge in [-0.15, -0.1) is 0 Å². The van der Waals surface area contributed by atoms with Crippen molar-refractivity contribution in [3.8, 4) is 11.4 Å². The highest BCUT2D eigenvalue weighted by atomic mass is 19.1. The number of carbonyl (C=O) groups excluding carboxylic acids is 1. The molecule has 5 heteroatoms. The molecule has 0 radical (unpaired) electrons. The average Bonchev–Trinajstić information content (AvgIpc) is 3.08. The molecule has 0 atom stereocenters. The molecule has 0 spiro atoms. The molecule has 1 amide bonds. The van der Waals surface area contributed by atoms with Crippen LogP contribution in [0.5, 0.6) is 0 Å². The smallest absolute Gasteiger partial charge is 0.254 e. The number of benzene rings is 2. The third kappa shape index (κ3) is 3.68. The van der Waals surface area contributed by atoms with Crippen LogP contribution in [0.25, 0.3) is 11.4 Å². The van der Waals surface area contributed by atoms with Crippen molar-refractivity contribution in [1.29, 1.82) is 0 Å². The first-order valence-electron chi connectivity index (χ1n) is 7.85. The van der Waals surface area contributed by atoms with Crippen molar-refractivity contribution in [3.63, 3.8) is 0 Å². The first-order chi connectivity index (χ1) is 11.8. The number of aromatic nitrogens is 2. The van der Waals surface area contributed by atoms with E-state index in [1.54, 1.807) is 18.3 Å². The molecule has 0 saturated carbocycles. The van der Waals surface area contributed by atoms with Gasteiger partial charge in [-0.1, -0.05) is 42.5 Å². The molecule has 0 unspecified atom stereocenters. The fourth-order valence-corrected chi connectivity index (χ4v) is 2.53. The van der Waals surface area contributed by atoms with Crippen molar-refractivity contribution in [2.75, 3.05) is 6.54 Å². The van der Waals surface area contributed by atoms with Crippen LogP contribution in [0.2, 0.25) is 0 Å². The molecule has 0 bridgehead atoms. The topological polar surface area (TPSA) is 46.9 Å². The normalized spacial score (nSPS) is 10.5. The Labute approximate surface area is 140 Å². The summed E-state index contributed by atoms with van der Waals surface area (Å²) in [6.07, 6.45) is 4.41. The zero-order valence-electron chi connectivity index (χ0n) is 13.2. The minimum Gasteiger partial charge on any atom is -0.352 e. The Morgan fingerprint density at radius 3 is 2.62 bits per heavy atom. The number of halogens is 1. The third-order valence-electron chi connectivity index (χ3n) is 3.73. The molecule has 1 aromatic heterocycles. The first kappa shape index (κ1) is 15.9. The molecule has 0 fully saturated rings. The van der Waals surface area contributed by atoms with Gasteiger partial charge >= 0.3 is 0 Å². The minimum atomic E-state index is -0.504. The monoisotopic (exact) mass is 323 g/mol. The predicted molar refractivity (Wildman–Crippen MR) is 91.0 cm³/mol. The van der Waals surface area contributed by atoms with E-state index in [0.29, 0.717) is 6.54 Å². The maximum absolute atomic E-state index is 13.5. The summed E-state index contributed by atoms with van der Waals surface area (Å²) in [4.78, 5) is 16.3. The minimum absolute atomic E-state index is 0.0742. The van der Waals surface area contributed by atoms with E-state index in [1.165, 1.54) is 12.1 Å². The van der Waals surface area contributed by atoms with Crippen molar-refractivity contribution < 1.29 is 9.18 Å². The number of amides is 1. The molecule has 3 aromatic rings. The van der Waals surface area contributed by atoms with Crippen molar-refractivity contribution in [2.24, 2.45) is 0 Å². The summed E-state index contributed by atoms with van der Waals surface area (Å²) in [6, 6.07) is 15.9. The van der Waals surface area contributed by atoms with Gasteiger partial charge in [0.15, 0.2) is 0 Å². The third-order valence-corrected chi connectivity index (χ3v) is 3.73. The Kier molecular flexibility index (Phi) is 5.01. The van der Waals surface area contributed by atoms with Crippen LogP contribution >= 0.6 is 0 Å². The zero-order valence-corrected chi connectivity index (χ0v) is 13.2. The Hall–Kier alpha value is -2.95. The van der Waals surface area contributed by atoms with E-state index in [4.69, 9.17) is 0 Å². The lowest BCUT2D eigenvalue weighted by Crippen LogP contribution is -2.26. The van der Waals surface area contributed by atoms with Crippen molar-refractivity contribution in [2.45, 2.75) is 13.0 Å². The van der Waals surface area contributed by atoms with Crippen LogP contribution < -0.4 is 5.32 Å². The second kappa shape index (κ2) is 7.55.